The standard InChI is InChI=1S/C24H51IO9Si/c1-24(2,3)35(4,5)34-23-22-33-21-20-32-19-18-31-17-16-30-15-14-29-13-12-28-11-10-27-9-8-26-7-6-25/h6-23H2,1-5H3. The predicted molar refractivity (Wildman–Crippen MR) is 149 cm³/mol. The highest BCUT2D eigenvalue weighted by molar-refractivity contribution is 14.1. The van der Waals surface area contributed by atoms with Crippen LogP contribution in [0.5, 0.6) is 0 Å². The molecule has 0 bridgehead atoms. The second-order valence-corrected chi connectivity index (χ2v) is 15.1. The second-order valence-electron chi connectivity index (χ2n) is 9.20. The van der Waals surface area contributed by atoms with E-state index >= 15 is 0 Å². The van der Waals surface area contributed by atoms with Gasteiger partial charge in [-0.15, -0.1) is 0 Å². The Balaban J connectivity index is 3.14. The lowest BCUT2D eigenvalue weighted by Gasteiger charge is -2.36. The van der Waals surface area contributed by atoms with Gasteiger partial charge in [-0.3, -0.25) is 0 Å². The topological polar surface area (TPSA) is 83.1 Å². The molecule has 0 aromatic heterocycles. The van der Waals surface area contributed by atoms with Crippen LogP contribution in [0.25, 0.3) is 0 Å². The maximum atomic E-state index is 6.07. The Bertz CT molecular complexity index is 440. The van der Waals surface area contributed by atoms with Crippen LogP contribution in [0.2, 0.25) is 18.1 Å². The molecular weight excluding hydrogens is 587 g/mol. The molecule has 0 atom stereocenters. The highest BCUT2D eigenvalue weighted by atomic mass is 127. The van der Waals surface area contributed by atoms with E-state index in [1.165, 1.54) is 0 Å². The van der Waals surface area contributed by atoms with Gasteiger partial charge in [-0.25, -0.2) is 0 Å². The second kappa shape index (κ2) is 24.9. The summed E-state index contributed by atoms with van der Waals surface area (Å²) in [6, 6.07) is 0. The van der Waals surface area contributed by atoms with Gasteiger partial charge in [0.25, 0.3) is 0 Å². The molecule has 0 rings (SSSR count). The van der Waals surface area contributed by atoms with Crippen molar-refractivity contribution < 1.29 is 42.3 Å². The van der Waals surface area contributed by atoms with Crippen molar-refractivity contribution in [1.29, 1.82) is 0 Å². The van der Waals surface area contributed by atoms with Crippen molar-refractivity contribution in [1.82, 2.24) is 0 Å². The minimum atomic E-state index is -1.68. The normalized spacial score (nSPS) is 12.5. The average Bonchev–Trinajstić information content (AvgIpc) is 2.80. The number of hydrogen-bond donors (Lipinski definition) is 0. The summed E-state index contributed by atoms with van der Waals surface area (Å²) in [5.41, 5.74) is 0. The van der Waals surface area contributed by atoms with Gasteiger partial charge in [0.05, 0.1) is 112 Å². The van der Waals surface area contributed by atoms with Gasteiger partial charge >= 0.3 is 0 Å². The zero-order chi connectivity index (χ0) is 26.1. The lowest BCUT2D eigenvalue weighted by Crippen LogP contribution is -2.41. The Morgan fingerprint density at radius 1 is 0.429 bits per heavy atom. The van der Waals surface area contributed by atoms with E-state index in [1.54, 1.807) is 0 Å². The SMILES string of the molecule is CC(C)(C)[Si](C)(C)OCCOCCOCCOCCOCCOCCOCCOCCOCCI. The minimum Gasteiger partial charge on any atom is -0.414 e. The van der Waals surface area contributed by atoms with Crippen molar-refractivity contribution in [3.63, 3.8) is 0 Å². The summed E-state index contributed by atoms with van der Waals surface area (Å²) >= 11 is 2.28. The summed E-state index contributed by atoms with van der Waals surface area (Å²) in [6.07, 6.45) is 0. The summed E-state index contributed by atoms with van der Waals surface area (Å²) in [5.74, 6) is 0. The Morgan fingerprint density at radius 3 is 0.886 bits per heavy atom. The lowest BCUT2D eigenvalue weighted by atomic mass is 10.2. The fraction of sp³-hybridized carbons (Fsp3) is 1.00. The van der Waals surface area contributed by atoms with E-state index < -0.39 is 8.32 Å². The number of hydrogen-bond acceptors (Lipinski definition) is 9. The van der Waals surface area contributed by atoms with Crippen LogP contribution >= 0.6 is 22.6 Å². The van der Waals surface area contributed by atoms with Crippen LogP contribution < -0.4 is 0 Å². The van der Waals surface area contributed by atoms with Crippen molar-refractivity contribution in [3.8, 4) is 0 Å². The maximum absolute atomic E-state index is 6.07. The van der Waals surface area contributed by atoms with Gasteiger partial charge in [0.1, 0.15) is 0 Å². The van der Waals surface area contributed by atoms with E-state index in [1.807, 2.05) is 0 Å². The summed E-state index contributed by atoms with van der Waals surface area (Å²) in [5, 5.41) is 0.226. The van der Waals surface area contributed by atoms with E-state index in [4.69, 9.17) is 42.3 Å². The molecule has 0 amide bonds. The number of rotatable bonds is 27. The molecule has 9 nitrogen and oxygen atoms in total. The van der Waals surface area contributed by atoms with Gasteiger partial charge in [-0.2, -0.15) is 0 Å². The molecule has 0 saturated heterocycles. The molecule has 0 aliphatic heterocycles. The Hall–Kier alpha value is 0.587. The van der Waals surface area contributed by atoms with Crippen LogP contribution in [0.4, 0.5) is 0 Å². The Labute approximate surface area is 228 Å². The zero-order valence-corrected chi connectivity index (χ0v) is 25.9. The first kappa shape index (κ1) is 35.6. The van der Waals surface area contributed by atoms with E-state index in [9.17, 15) is 0 Å². The predicted octanol–water partition coefficient (Wildman–Crippen LogP) is 3.58. The number of ether oxygens (including phenoxy) is 8. The van der Waals surface area contributed by atoms with Gasteiger partial charge < -0.3 is 42.3 Å². The fourth-order valence-electron chi connectivity index (χ4n) is 2.27. The third kappa shape index (κ3) is 24.7. The van der Waals surface area contributed by atoms with E-state index in [0.29, 0.717) is 106 Å². The van der Waals surface area contributed by atoms with E-state index in [2.05, 4.69) is 56.5 Å². The smallest absolute Gasteiger partial charge is 0.192 e. The molecule has 212 valence electrons. The highest BCUT2D eigenvalue weighted by Crippen LogP contribution is 2.36. The summed E-state index contributed by atoms with van der Waals surface area (Å²) in [6.45, 7) is 21.1. The van der Waals surface area contributed by atoms with Crippen molar-refractivity contribution in [2.24, 2.45) is 0 Å². The van der Waals surface area contributed by atoms with Crippen LogP contribution in [-0.2, 0) is 42.3 Å². The minimum absolute atomic E-state index is 0.226. The molecule has 0 N–H and O–H groups in total. The van der Waals surface area contributed by atoms with Crippen LogP contribution in [-0.4, -0.2) is 125 Å². The molecule has 0 aromatic rings. The molecule has 0 aliphatic carbocycles. The molecule has 0 spiro atoms. The first-order valence-corrected chi connectivity index (χ1v) is 17.1. The highest BCUT2D eigenvalue weighted by Gasteiger charge is 2.36. The van der Waals surface area contributed by atoms with Crippen LogP contribution in [0.3, 0.4) is 0 Å². The summed E-state index contributed by atoms with van der Waals surface area (Å²) < 4.78 is 50.7. The van der Waals surface area contributed by atoms with Crippen molar-refractivity contribution in [2.75, 3.05) is 117 Å². The van der Waals surface area contributed by atoms with E-state index in [-0.39, 0.29) is 5.04 Å². The van der Waals surface area contributed by atoms with Gasteiger partial charge in [0.15, 0.2) is 8.32 Å². The Morgan fingerprint density at radius 2 is 0.657 bits per heavy atom. The van der Waals surface area contributed by atoms with Crippen molar-refractivity contribution in [3.05, 3.63) is 0 Å². The van der Waals surface area contributed by atoms with Gasteiger partial charge in [0.2, 0.25) is 0 Å². The van der Waals surface area contributed by atoms with Crippen LogP contribution in [0, 0.1) is 0 Å². The molecule has 0 aromatic carbocycles. The fourth-order valence-corrected chi connectivity index (χ4v) is 3.61. The van der Waals surface area contributed by atoms with Gasteiger partial charge in [-0.05, 0) is 18.1 Å². The van der Waals surface area contributed by atoms with Crippen molar-refractivity contribution >= 4 is 30.9 Å². The number of alkyl halides is 1. The molecule has 35 heavy (non-hydrogen) atoms. The summed E-state index contributed by atoms with van der Waals surface area (Å²) in [7, 11) is -1.68. The largest absolute Gasteiger partial charge is 0.414 e. The molecule has 11 heteroatoms. The molecule has 0 radical (unpaired) electrons. The lowest BCUT2D eigenvalue weighted by molar-refractivity contribution is -0.0234. The zero-order valence-electron chi connectivity index (χ0n) is 22.8. The quantitative estimate of drug-likeness (QED) is 0.0581. The third-order valence-electron chi connectivity index (χ3n) is 5.32. The average molecular weight is 639 g/mol. The third-order valence-corrected chi connectivity index (χ3v) is 10.3. The number of halogens is 1. The molecule has 0 unspecified atom stereocenters. The van der Waals surface area contributed by atoms with Gasteiger partial charge in [0, 0.05) is 4.43 Å². The summed E-state index contributed by atoms with van der Waals surface area (Å²) in [4.78, 5) is 0. The van der Waals surface area contributed by atoms with Crippen molar-refractivity contribution in [2.45, 2.75) is 38.9 Å². The first-order valence-electron chi connectivity index (χ1n) is 12.6. The molecule has 0 heterocycles. The van der Waals surface area contributed by atoms with Crippen LogP contribution in [0.1, 0.15) is 20.8 Å². The Kier molecular flexibility index (Phi) is 25.3. The molecule has 0 aliphatic rings. The monoisotopic (exact) mass is 638 g/mol. The molecule has 0 fully saturated rings. The molecule has 0 saturated carbocycles. The maximum Gasteiger partial charge on any atom is 0.192 e. The van der Waals surface area contributed by atoms with Gasteiger partial charge in [-0.1, -0.05) is 43.4 Å². The molecular formula is C24H51IO9Si. The van der Waals surface area contributed by atoms with E-state index in [0.717, 1.165) is 11.0 Å². The first-order chi connectivity index (χ1) is 16.8. The van der Waals surface area contributed by atoms with Crippen LogP contribution in [0.15, 0.2) is 0 Å².